The van der Waals surface area contributed by atoms with Crippen molar-refractivity contribution in [2.75, 3.05) is 0 Å². The van der Waals surface area contributed by atoms with Gasteiger partial charge in [0.25, 0.3) is 0 Å². The van der Waals surface area contributed by atoms with E-state index in [2.05, 4.69) is 0 Å². The van der Waals surface area contributed by atoms with Crippen LogP contribution in [-0.4, -0.2) is 15.5 Å². The Kier molecular flexibility index (Phi) is 4.63. The molecule has 0 spiro atoms. The minimum atomic E-state index is -0.152. The molecule has 1 N–H and O–H groups in total. The summed E-state index contributed by atoms with van der Waals surface area (Å²) in [7, 11) is 0. The van der Waals surface area contributed by atoms with Crippen LogP contribution in [0, 0.1) is 3.95 Å². The van der Waals surface area contributed by atoms with Crippen LogP contribution in [0.15, 0.2) is 40.8 Å². The molecule has 4 rings (SSSR count). The molecule has 0 bridgehead atoms. The summed E-state index contributed by atoms with van der Waals surface area (Å²) in [5, 5.41) is 11.1. The first kappa shape index (κ1) is 18.0. The standard InChI is InChI=1S/C20H14ClNO3S2/c1-11(12-5-3-2-4-6-12)22-19(24)17(27-20(22)26)10-16-18(21)14-8-7-13(23)9-15(14)25-16/h2-11,24H,1H3. The summed E-state index contributed by atoms with van der Waals surface area (Å²) < 4.78 is 7.95. The van der Waals surface area contributed by atoms with Crippen LogP contribution in [0.5, 0.6) is 5.88 Å². The number of allylic oxidation sites excluding steroid dienone is 1. The van der Waals surface area contributed by atoms with Crippen LogP contribution in [0.2, 0.25) is 5.02 Å². The Hall–Kier alpha value is -2.41. The van der Waals surface area contributed by atoms with Gasteiger partial charge in [0.15, 0.2) is 9.74 Å². The van der Waals surface area contributed by atoms with Gasteiger partial charge in [-0.25, -0.2) is 0 Å². The Balaban J connectivity index is 1.83. The first-order valence-corrected chi connectivity index (χ1v) is 9.79. The third-order valence-corrected chi connectivity index (χ3v) is 6.13. The second kappa shape index (κ2) is 6.96. The number of fused-ring (bicyclic) bond motifs is 1. The molecule has 1 aromatic carbocycles. The number of aromatic hydroxyl groups is 1. The molecule has 0 radical (unpaired) electrons. The summed E-state index contributed by atoms with van der Waals surface area (Å²) in [6, 6.07) is 9.70. The first-order valence-electron chi connectivity index (χ1n) is 8.18. The van der Waals surface area contributed by atoms with E-state index < -0.39 is 0 Å². The third kappa shape index (κ3) is 3.20. The summed E-state index contributed by atoms with van der Waals surface area (Å²) in [5.74, 6) is -0.0943. The second-order valence-electron chi connectivity index (χ2n) is 6.10. The lowest BCUT2D eigenvalue weighted by atomic mass is 10.1. The fraction of sp³-hybridized carbons (Fsp3) is 0.100. The van der Waals surface area contributed by atoms with Gasteiger partial charge >= 0.3 is 0 Å². The summed E-state index contributed by atoms with van der Waals surface area (Å²) >= 11 is 13.1. The van der Waals surface area contributed by atoms with Gasteiger partial charge in [0.1, 0.15) is 10.8 Å². The lowest BCUT2D eigenvalue weighted by molar-refractivity contribution is -0.109. The van der Waals surface area contributed by atoms with Gasteiger partial charge in [-0.05, 0) is 36.9 Å². The molecule has 2 aromatic heterocycles. The zero-order chi connectivity index (χ0) is 19.1. The zero-order valence-corrected chi connectivity index (χ0v) is 16.6. The van der Waals surface area contributed by atoms with Gasteiger partial charge in [-0.3, -0.25) is 9.36 Å². The number of thiazole rings is 1. The van der Waals surface area contributed by atoms with E-state index in [-0.39, 0.29) is 17.7 Å². The van der Waals surface area contributed by atoms with Crippen molar-refractivity contribution in [3.8, 4) is 5.88 Å². The van der Waals surface area contributed by atoms with Gasteiger partial charge in [0.2, 0.25) is 5.88 Å². The van der Waals surface area contributed by atoms with Crippen LogP contribution >= 0.6 is 35.2 Å². The van der Waals surface area contributed by atoms with Crippen LogP contribution in [0.25, 0.3) is 18.2 Å². The van der Waals surface area contributed by atoms with Gasteiger partial charge in [0.05, 0.1) is 15.9 Å². The maximum atomic E-state index is 11.5. The average Bonchev–Trinajstić information content (AvgIpc) is 3.11. The van der Waals surface area contributed by atoms with Crippen molar-refractivity contribution in [1.29, 1.82) is 0 Å². The quantitative estimate of drug-likeness (QED) is 0.656. The van der Waals surface area contributed by atoms with Crippen molar-refractivity contribution in [1.82, 2.24) is 4.57 Å². The highest BCUT2D eigenvalue weighted by atomic mass is 35.5. The summed E-state index contributed by atoms with van der Waals surface area (Å²) in [5.41, 5.74) is 2.49. The fourth-order valence-corrected chi connectivity index (χ4v) is 4.64. The van der Waals surface area contributed by atoms with E-state index in [1.165, 1.54) is 23.5 Å². The Morgan fingerprint density at radius 3 is 2.78 bits per heavy atom. The molecule has 0 fully saturated rings. The predicted molar refractivity (Wildman–Crippen MR) is 110 cm³/mol. The number of furan rings is 1. The van der Waals surface area contributed by atoms with Crippen molar-refractivity contribution >= 4 is 59.2 Å². The van der Waals surface area contributed by atoms with Crippen LogP contribution in [0.4, 0.5) is 0 Å². The molecular formula is C20H14ClNO3S2. The first-order chi connectivity index (χ1) is 13.0. The molecule has 3 aromatic rings. The van der Waals surface area contributed by atoms with Crippen molar-refractivity contribution in [3.05, 3.63) is 72.2 Å². The van der Waals surface area contributed by atoms with Crippen LogP contribution < -0.4 is 10.8 Å². The summed E-state index contributed by atoms with van der Waals surface area (Å²) in [6.07, 6.45) is 6.11. The normalized spacial score (nSPS) is 14.9. The number of halogens is 1. The number of aromatic nitrogens is 1. The van der Waals surface area contributed by atoms with Crippen molar-refractivity contribution in [2.24, 2.45) is 0 Å². The summed E-state index contributed by atoms with van der Waals surface area (Å²) in [6.45, 7) is 1.98. The lowest BCUT2D eigenvalue weighted by Gasteiger charge is -2.14. The highest BCUT2D eigenvalue weighted by Gasteiger charge is 2.18. The minimum absolute atomic E-state index is 0.0578. The number of hydrogen-bond acceptors (Lipinski definition) is 5. The molecule has 4 nitrogen and oxygen atoms in total. The Labute approximate surface area is 169 Å². The Bertz CT molecular complexity index is 1250. The van der Waals surface area contributed by atoms with E-state index in [4.69, 9.17) is 28.2 Å². The Morgan fingerprint density at radius 2 is 2.04 bits per heavy atom. The van der Waals surface area contributed by atoms with E-state index in [0.29, 0.717) is 30.2 Å². The molecule has 1 aliphatic rings. The smallest absolute Gasteiger partial charge is 0.211 e. The Morgan fingerprint density at radius 1 is 1.30 bits per heavy atom. The van der Waals surface area contributed by atoms with E-state index >= 15 is 0 Å². The maximum absolute atomic E-state index is 11.5. The van der Waals surface area contributed by atoms with Crippen molar-refractivity contribution in [3.63, 3.8) is 0 Å². The van der Waals surface area contributed by atoms with Crippen molar-refractivity contribution in [2.45, 2.75) is 13.0 Å². The van der Waals surface area contributed by atoms with Crippen LogP contribution in [-0.2, 0) is 4.79 Å². The molecule has 1 unspecified atom stereocenters. The highest BCUT2D eigenvalue weighted by molar-refractivity contribution is 7.73. The molecule has 0 amide bonds. The van der Waals surface area contributed by atoms with E-state index in [9.17, 15) is 9.90 Å². The third-order valence-electron chi connectivity index (χ3n) is 4.40. The maximum Gasteiger partial charge on any atom is 0.211 e. The molecule has 0 aliphatic heterocycles. The largest absolute Gasteiger partial charge is 0.493 e. The molecule has 0 saturated heterocycles. The molecule has 0 saturated carbocycles. The average molecular weight is 416 g/mol. The number of nitrogens with zero attached hydrogens (tertiary/aromatic N) is 1. The zero-order valence-electron chi connectivity index (χ0n) is 14.2. The second-order valence-corrected chi connectivity index (χ2v) is 8.15. The number of hydrogen-bond donors (Lipinski definition) is 1. The number of rotatable bonds is 3. The van der Waals surface area contributed by atoms with E-state index in [0.717, 1.165) is 5.56 Å². The molecule has 136 valence electrons. The minimum Gasteiger partial charge on any atom is -0.493 e. The molecule has 2 heterocycles. The SMILES string of the molecule is CC(c1ccccc1)n1c(O)c(C=c2oc3c(c2Cl)C=CC(=O)C=3)sc1=S. The molecule has 1 aliphatic carbocycles. The van der Waals surface area contributed by atoms with Crippen LogP contribution in [0.1, 0.15) is 29.0 Å². The molecule has 7 heteroatoms. The number of carbonyl (C=O) groups excluding carboxylic acids is 1. The number of ketones is 1. The van der Waals surface area contributed by atoms with Gasteiger partial charge in [0, 0.05) is 17.7 Å². The summed E-state index contributed by atoms with van der Waals surface area (Å²) in [4.78, 5) is 12.1. The van der Waals surface area contributed by atoms with Crippen molar-refractivity contribution < 1.29 is 14.3 Å². The number of carbonyl (C=O) groups is 1. The predicted octanol–water partition coefficient (Wildman–Crippen LogP) is 4.05. The molecular weight excluding hydrogens is 402 g/mol. The fourth-order valence-electron chi connectivity index (χ4n) is 2.99. The topological polar surface area (TPSA) is 55.4 Å². The van der Waals surface area contributed by atoms with Gasteiger partial charge in [-0.1, -0.05) is 41.9 Å². The van der Waals surface area contributed by atoms with E-state index in [1.54, 1.807) is 16.7 Å². The monoisotopic (exact) mass is 415 g/mol. The van der Waals surface area contributed by atoms with E-state index in [1.807, 2.05) is 37.3 Å². The van der Waals surface area contributed by atoms with Gasteiger partial charge < -0.3 is 9.52 Å². The molecule has 1 atom stereocenters. The van der Waals surface area contributed by atoms with Crippen LogP contribution in [0.3, 0.4) is 0 Å². The number of benzene rings is 1. The van der Waals surface area contributed by atoms with Gasteiger partial charge in [-0.2, -0.15) is 0 Å². The van der Waals surface area contributed by atoms with Gasteiger partial charge in [-0.15, -0.1) is 11.3 Å². The molecule has 27 heavy (non-hydrogen) atoms. The highest BCUT2D eigenvalue weighted by Crippen LogP contribution is 2.33. The lowest BCUT2D eigenvalue weighted by Crippen LogP contribution is -2.08.